The third kappa shape index (κ3) is 5.47. The molecule has 0 aromatic heterocycles. The summed E-state index contributed by atoms with van der Waals surface area (Å²) in [5, 5.41) is 0.476. The van der Waals surface area contributed by atoms with Gasteiger partial charge in [-0.25, -0.2) is 13.1 Å². The van der Waals surface area contributed by atoms with Crippen LogP contribution in [0, 0.1) is 0 Å². The molecule has 1 aromatic rings. The van der Waals surface area contributed by atoms with Gasteiger partial charge >= 0.3 is 0 Å². The Bertz CT molecular complexity index is 581. The van der Waals surface area contributed by atoms with Gasteiger partial charge in [-0.15, -0.1) is 0 Å². The summed E-state index contributed by atoms with van der Waals surface area (Å²) in [7, 11) is -3.73. The number of halogens is 2. The average Bonchev–Trinajstić information content (AvgIpc) is 2.38. The number of hydrogen-bond acceptors (Lipinski definition) is 3. The number of carbonyl (C=O) groups is 1. The number of benzene rings is 1. The predicted octanol–water partition coefficient (Wildman–Crippen LogP) is 2.53. The lowest BCUT2D eigenvalue weighted by atomic mass is 10.3. The molecule has 0 heterocycles. The summed E-state index contributed by atoms with van der Waals surface area (Å²) in [6.45, 7) is 4.98. The van der Waals surface area contributed by atoms with E-state index in [1.807, 2.05) is 13.8 Å². The quantitative estimate of drug-likeness (QED) is 0.819. The molecule has 1 aromatic carbocycles. The van der Waals surface area contributed by atoms with Gasteiger partial charge < -0.3 is 4.90 Å². The molecule has 1 amide bonds. The maximum atomic E-state index is 12.1. The van der Waals surface area contributed by atoms with Gasteiger partial charge in [0, 0.05) is 36.1 Å². The van der Waals surface area contributed by atoms with E-state index in [0.717, 1.165) is 0 Å². The first-order valence-corrected chi connectivity index (χ1v) is 8.77. The van der Waals surface area contributed by atoms with Crippen molar-refractivity contribution in [3.05, 3.63) is 28.2 Å². The summed E-state index contributed by atoms with van der Waals surface area (Å²) >= 11 is 11.6. The summed E-state index contributed by atoms with van der Waals surface area (Å²) in [5.41, 5.74) is 0. The SMILES string of the molecule is CCN(CC)C(=O)CCNS(=O)(=O)c1cc(Cl)cc(Cl)c1. The highest BCUT2D eigenvalue weighted by molar-refractivity contribution is 7.89. The van der Waals surface area contributed by atoms with Gasteiger partial charge in [0.15, 0.2) is 0 Å². The average molecular weight is 353 g/mol. The maximum absolute atomic E-state index is 12.1. The molecule has 0 fully saturated rings. The molecule has 0 saturated carbocycles. The van der Waals surface area contributed by atoms with Gasteiger partial charge in [0.2, 0.25) is 15.9 Å². The zero-order valence-corrected chi connectivity index (χ0v) is 14.2. The first kappa shape index (κ1) is 18.2. The van der Waals surface area contributed by atoms with E-state index in [0.29, 0.717) is 13.1 Å². The molecule has 0 atom stereocenters. The first-order chi connectivity index (χ1) is 9.80. The van der Waals surface area contributed by atoms with Crippen LogP contribution in [0.2, 0.25) is 10.0 Å². The van der Waals surface area contributed by atoms with Crippen molar-refractivity contribution in [1.82, 2.24) is 9.62 Å². The monoisotopic (exact) mass is 352 g/mol. The smallest absolute Gasteiger partial charge is 0.240 e. The van der Waals surface area contributed by atoms with E-state index in [1.54, 1.807) is 4.90 Å². The largest absolute Gasteiger partial charge is 0.343 e. The molecular formula is C13H18Cl2N2O3S. The van der Waals surface area contributed by atoms with Crippen LogP contribution in [0.4, 0.5) is 0 Å². The lowest BCUT2D eigenvalue weighted by Gasteiger charge is -2.18. The minimum absolute atomic E-state index is 0.0183. The molecule has 0 bridgehead atoms. The Balaban J connectivity index is 2.67. The molecule has 21 heavy (non-hydrogen) atoms. The van der Waals surface area contributed by atoms with Crippen LogP contribution in [0.25, 0.3) is 0 Å². The summed E-state index contributed by atoms with van der Waals surface area (Å²) in [6, 6.07) is 4.07. The Morgan fingerprint density at radius 3 is 2.14 bits per heavy atom. The van der Waals surface area contributed by atoms with E-state index in [4.69, 9.17) is 23.2 Å². The van der Waals surface area contributed by atoms with Gasteiger partial charge in [-0.3, -0.25) is 4.79 Å². The van der Waals surface area contributed by atoms with Gasteiger partial charge in [-0.2, -0.15) is 0 Å². The van der Waals surface area contributed by atoms with Crippen molar-refractivity contribution in [3.8, 4) is 0 Å². The highest BCUT2D eigenvalue weighted by Gasteiger charge is 2.16. The van der Waals surface area contributed by atoms with E-state index in [2.05, 4.69) is 4.72 Å². The van der Waals surface area contributed by atoms with Gasteiger partial charge in [-0.1, -0.05) is 23.2 Å². The van der Waals surface area contributed by atoms with Crippen molar-refractivity contribution >= 4 is 39.1 Å². The Morgan fingerprint density at radius 1 is 1.14 bits per heavy atom. The fourth-order valence-corrected chi connectivity index (χ4v) is 3.55. The summed E-state index contributed by atoms with van der Waals surface area (Å²) < 4.78 is 26.5. The van der Waals surface area contributed by atoms with E-state index in [9.17, 15) is 13.2 Å². The number of hydrogen-bond donors (Lipinski definition) is 1. The van der Waals surface area contributed by atoms with Crippen LogP contribution in [-0.2, 0) is 14.8 Å². The Morgan fingerprint density at radius 2 is 1.67 bits per heavy atom. The van der Waals surface area contributed by atoms with Gasteiger partial charge in [0.1, 0.15) is 0 Å². The second-order valence-electron chi connectivity index (χ2n) is 4.32. The lowest BCUT2D eigenvalue weighted by Crippen LogP contribution is -2.34. The van der Waals surface area contributed by atoms with Crippen LogP contribution in [-0.4, -0.2) is 38.9 Å². The lowest BCUT2D eigenvalue weighted by molar-refractivity contribution is -0.130. The molecule has 0 spiro atoms. The highest BCUT2D eigenvalue weighted by Crippen LogP contribution is 2.22. The number of nitrogens with one attached hydrogen (secondary N) is 1. The molecule has 1 N–H and O–H groups in total. The second kappa shape index (κ2) is 7.98. The minimum atomic E-state index is -3.73. The van der Waals surface area contributed by atoms with Crippen molar-refractivity contribution in [2.45, 2.75) is 25.2 Å². The fraction of sp³-hybridized carbons (Fsp3) is 0.462. The molecule has 0 unspecified atom stereocenters. The molecule has 0 radical (unpaired) electrons. The van der Waals surface area contributed by atoms with Gasteiger partial charge in [0.25, 0.3) is 0 Å². The molecule has 8 heteroatoms. The summed E-state index contributed by atoms with van der Waals surface area (Å²) in [6.07, 6.45) is 0.106. The van der Waals surface area contributed by atoms with Crippen LogP contribution >= 0.6 is 23.2 Å². The highest BCUT2D eigenvalue weighted by atomic mass is 35.5. The second-order valence-corrected chi connectivity index (χ2v) is 6.96. The van der Waals surface area contributed by atoms with E-state index in [1.165, 1.54) is 18.2 Å². The number of amides is 1. The standard InChI is InChI=1S/C13H18Cl2N2O3S/c1-3-17(4-2)13(18)5-6-16-21(19,20)12-8-10(14)7-11(15)9-12/h7-9,16H,3-6H2,1-2H3. The number of rotatable bonds is 7. The zero-order chi connectivity index (χ0) is 16.0. The Hall–Kier alpha value is -0.820. The molecule has 0 saturated heterocycles. The Kier molecular flexibility index (Phi) is 6.93. The number of sulfonamides is 1. The van der Waals surface area contributed by atoms with Crippen molar-refractivity contribution in [2.75, 3.05) is 19.6 Å². The zero-order valence-electron chi connectivity index (χ0n) is 11.9. The molecule has 0 aliphatic heterocycles. The van der Waals surface area contributed by atoms with E-state index < -0.39 is 10.0 Å². The maximum Gasteiger partial charge on any atom is 0.240 e. The normalized spacial score (nSPS) is 11.4. The van der Waals surface area contributed by atoms with Gasteiger partial charge in [0.05, 0.1) is 4.90 Å². The number of nitrogens with zero attached hydrogens (tertiary/aromatic N) is 1. The molecule has 1 rings (SSSR count). The molecular weight excluding hydrogens is 335 g/mol. The fourth-order valence-electron chi connectivity index (χ4n) is 1.79. The van der Waals surface area contributed by atoms with Crippen molar-refractivity contribution in [3.63, 3.8) is 0 Å². The van der Waals surface area contributed by atoms with Gasteiger partial charge in [-0.05, 0) is 32.0 Å². The van der Waals surface area contributed by atoms with Crippen LogP contribution in [0.1, 0.15) is 20.3 Å². The molecule has 5 nitrogen and oxygen atoms in total. The third-order valence-corrected chi connectivity index (χ3v) is 4.77. The number of carbonyl (C=O) groups excluding carboxylic acids is 1. The summed E-state index contributed by atoms with van der Waals surface area (Å²) in [4.78, 5) is 13.4. The predicted molar refractivity (Wildman–Crippen MR) is 84.2 cm³/mol. The van der Waals surface area contributed by atoms with Crippen LogP contribution in [0.5, 0.6) is 0 Å². The van der Waals surface area contributed by atoms with Crippen LogP contribution in [0.15, 0.2) is 23.1 Å². The molecule has 0 aliphatic carbocycles. The van der Waals surface area contributed by atoms with Crippen LogP contribution in [0.3, 0.4) is 0 Å². The first-order valence-electron chi connectivity index (χ1n) is 6.53. The Labute approximate surface area is 135 Å². The molecule has 0 aliphatic rings. The third-order valence-electron chi connectivity index (χ3n) is 2.89. The van der Waals surface area contributed by atoms with Crippen molar-refractivity contribution in [2.24, 2.45) is 0 Å². The minimum Gasteiger partial charge on any atom is -0.343 e. The van der Waals surface area contributed by atoms with E-state index in [-0.39, 0.29) is 33.8 Å². The van der Waals surface area contributed by atoms with E-state index >= 15 is 0 Å². The van der Waals surface area contributed by atoms with Crippen molar-refractivity contribution in [1.29, 1.82) is 0 Å². The molecule has 118 valence electrons. The summed E-state index contributed by atoms with van der Waals surface area (Å²) in [5.74, 6) is -0.0909. The van der Waals surface area contributed by atoms with Crippen molar-refractivity contribution < 1.29 is 13.2 Å². The van der Waals surface area contributed by atoms with Crippen LogP contribution < -0.4 is 4.72 Å². The topological polar surface area (TPSA) is 66.5 Å².